The van der Waals surface area contributed by atoms with Gasteiger partial charge in [0.25, 0.3) is 0 Å². The minimum Gasteiger partial charge on any atom is -0.484 e. The number of anilines is 1. The summed E-state index contributed by atoms with van der Waals surface area (Å²) in [7, 11) is 1.73. The Morgan fingerprint density at radius 2 is 2.14 bits per heavy atom. The molecule has 2 rings (SSSR count). The van der Waals surface area contributed by atoms with Crippen molar-refractivity contribution in [1.82, 2.24) is 0 Å². The van der Waals surface area contributed by atoms with Gasteiger partial charge < -0.3 is 14.8 Å². The number of hydrogen-bond donors (Lipinski definition) is 1. The molecule has 0 saturated heterocycles. The van der Waals surface area contributed by atoms with Gasteiger partial charge in [-0.3, -0.25) is 10.1 Å². The lowest BCUT2D eigenvalue weighted by Gasteiger charge is -2.16. The number of nitrogens with zero attached hydrogens (tertiary/aromatic N) is 1. The van der Waals surface area contributed by atoms with E-state index in [2.05, 4.69) is 5.32 Å². The zero-order valence-corrected chi connectivity index (χ0v) is 12.7. The van der Waals surface area contributed by atoms with Crippen molar-refractivity contribution >= 4 is 11.4 Å². The molecular formula is C15H22N2O4. The molecule has 0 spiro atoms. The number of hydrogen-bond acceptors (Lipinski definition) is 5. The molecule has 1 aliphatic carbocycles. The van der Waals surface area contributed by atoms with E-state index in [1.807, 2.05) is 13.8 Å². The van der Waals surface area contributed by atoms with Crippen LogP contribution < -0.4 is 10.1 Å². The summed E-state index contributed by atoms with van der Waals surface area (Å²) < 4.78 is 10.9. The summed E-state index contributed by atoms with van der Waals surface area (Å²) in [6.45, 7) is 3.70. The van der Waals surface area contributed by atoms with Crippen LogP contribution in [0.3, 0.4) is 0 Å². The molecule has 6 nitrogen and oxygen atoms in total. The van der Waals surface area contributed by atoms with Crippen LogP contribution in [0.2, 0.25) is 0 Å². The van der Waals surface area contributed by atoms with E-state index in [1.165, 1.54) is 6.07 Å². The minimum atomic E-state index is -0.419. The van der Waals surface area contributed by atoms with Gasteiger partial charge in [0.05, 0.1) is 17.1 Å². The van der Waals surface area contributed by atoms with Gasteiger partial charge in [0.1, 0.15) is 0 Å². The highest BCUT2D eigenvalue weighted by Gasteiger charge is 2.25. The normalized spacial score (nSPS) is 21.5. The first kappa shape index (κ1) is 15.6. The molecule has 1 N–H and O–H groups in total. The molecule has 0 aromatic heterocycles. The van der Waals surface area contributed by atoms with E-state index >= 15 is 0 Å². The highest BCUT2D eigenvalue weighted by molar-refractivity contribution is 5.58. The van der Waals surface area contributed by atoms with Gasteiger partial charge in [0.15, 0.2) is 5.75 Å². The van der Waals surface area contributed by atoms with Crippen molar-refractivity contribution in [3.8, 4) is 5.75 Å². The van der Waals surface area contributed by atoms with Crippen LogP contribution in [0.15, 0.2) is 18.2 Å². The van der Waals surface area contributed by atoms with Crippen molar-refractivity contribution in [2.75, 3.05) is 12.4 Å². The summed E-state index contributed by atoms with van der Waals surface area (Å²) in [6, 6.07) is 5.26. The predicted octanol–water partition coefficient (Wildman–Crippen LogP) is 3.36. The van der Waals surface area contributed by atoms with Crippen molar-refractivity contribution in [2.45, 2.75) is 51.4 Å². The standard InChI is InChI=1S/C15H22N2O4/c1-10(2)21-15-9-12(5-7-14(15)17(18)19)16-11-4-6-13(8-11)20-3/h5,7,9-11,13,16H,4,6,8H2,1-3H3. The van der Waals surface area contributed by atoms with Crippen LogP contribution in [0.5, 0.6) is 5.75 Å². The van der Waals surface area contributed by atoms with E-state index in [4.69, 9.17) is 9.47 Å². The Morgan fingerprint density at radius 3 is 2.71 bits per heavy atom. The first-order valence-corrected chi connectivity index (χ1v) is 7.24. The van der Waals surface area contributed by atoms with Crippen LogP contribution >= 0.6 is 0 Å². The summed E-state index contributed by atoms with van der Waals surface area (Å²) in [6.07, 6.45) is 3.22. The highest BCUT2D eigenvalue weighted by atomic mass is 16.6. The maximum absolute atomic E-state index is 11.0. The van der Waals surface area contributed by atoms with Gasteiger partial charge in [0.2, 0.25) is 0 Å². The van der Waals surface area contributed by atoms with Gasteiger partial charge >= 0.3 is 5.69 Å². The summed E-state index contributed by atoms with van der Waals surface area (Å²) in [5.74, 6) is 0.307. The van der Waals surface area contributed by atoms with Crippen LogP contribution in [0, 0.1) is 10.1 Å². The van der Waals surface area contributed by atoms with Gasteiger partial charge in [-0.05, 0) is 39.2 Å². The zero-order chi connectivity index (χ0) is 15.4. The Bertz CT molecular complexity index is 504. The van der Waals surface area contributed by atoms with Crippen molar-refractivity contribution in [1.29, 1.82) is 0 Å². The average molecular weight is 294 g/mol. The largest absolute Gasteiger partial charge is 0.484 e. The first-order valence-electron chi connectivity index (χ1n) is 7.24. The number of nitro benzene ring substituents is 1. The fourth-order valence-electron chi connectivity index (χ4n) is 2.62. The average Bonchev–Trinajstić information content (AvgIpc) is 2.85. The second-order valence-corrected chi connectivity index (χ2v) is 5.62. The maximum Gasteiger partial charge on any atom is 0.311 e. The summed E-state index contributed by atoms with van der Waals surface area (Å²) >= 11 is 0. The SMILES string of the molecule is COC1CCC(Nc2ccc([N+](=O)[O-])c(OC(C)C)c2)C1. The number of rotatable bonds is 6. The van der Waals surface area contributed by atoms with Crippen molar-refractivity contribution in [2.24, 2.45) is 0 Å². The molecular weight excluding hydrogens is 272 g/mol. The number of nitro groups is 1. The molecule has 1 aromatic carbocycles. The molecule has 21 heavy (non-hydrogen) atoms. The lowest BCUT2D eigenvalue weighted by atomic mass is 10.2. The minimum absolute atomic E-state index is 0.00422. The zero-order valence-electron chi connectivity index (χ0n) is 12.7. The third kappa shape index (κ3) is 4.07. The Kier molecular flexibility index (Phi) is 5.01. The van der Waals surface area contributed by atoms with E-state index < -0.39 is 4.92 Å². The maximum atomic E-state index is 11.0. The Balaban J connectivity index is 2.12. The molecule has 0 aliphatic heterocycles. The Hall–Kier alpha value is -1.82. The molecule has 0 radical (unpaired) electrons. The van der Waals surface area contributed by atoms with E-state index in [1.54, 1.807) is 19.2 Å². The lowest BCUT2D eigenvalue weighted by molar-refractivity contribution is -0.386. The summed E-state index contributed by atoms with van der Waals surface area (Å²) in [5.41, 5.74) is 0.841. The first-order chi connectivity index (χ1) is 9.99. The number of nitrogens with one attached hydrogen (secondary N) is 1. The van der Waals surface area contributed by atoms with Gasteiger partial charge in [-0.2, -0.15) is 0 Å². The van der Waals surface area contributed by atoms with Crippen LogP contribution in [0.4, 0.5) is 11.4 Å². The third-order valence-corrected chi connectivity index (χ3v) is 3.61. The van der Waals surface area contributed by atoms with E-state index in [0.29, 0.717) is 17.9 Å². The summed E-state index contributed by atoms with van der Waals surface area (Å²) in [4.78, 5) is 10.6. The monoisotopic (exact) mass is 294 g/mol. The molecule has 1 fully saturated rings. The topological polar surface area (TPSA) is 73.6 Å². The Labute approximate surface area is 124 Å². The van der Waals surface area contributed by atoms with E-state index in [0.717, 1.165) is 24.9 Å². The van der Waals surface area contributed by atoms with Gasteiger partial charge in [-0.25, -0.2) is 0 Å². The number of ether oxygens (including phenoxy) is 2. The molecule has 0 heterocycles. The fraction of sp³-hybridized carbons (Fsp3) is 0.600. The quantitative estimate of drug-likeness (QED) is 0.643. The Morgan fingerprint density at radius 1 is 1.38 bits per heavy atom. The van der Waals surface area contributed by atoms with Crippen molar-refractivity contribution in [3.63, 3.8) is 0 Å². The molecule has 2 atom stereocenters. The van der Waals surface area contributed by atoms with Crippen molar-refractivity contribution < 1.29 is 14.4 Å². The smallest absolute Gasteiger partial charge is 0.311 e. The van der Waals surface area contributed by atoms with Crippen LogP contribution in [-0.2, 0) is 4.74 Å². The van der Waals surface area contributed by atoms with E-state index in [9.17, 15) is 10.1 Å². The second-order valence-electron chi connectivity index (χ2n) is 5.62. The van der Waals surface area contributed by atoms with Crippen LogP contribution in [0.25, 0.3) is 0 Å². The number of benzene rings is 1. The van der Waals surface area contributed by atoms with Crippen LogP contribution in [-0.4, -0.2) is 30.3 Å². The molecule has 2 unspecified atom stereocenters. The van der Waals surface area contributed by atoms with Crippen molar-refractivity contribution in [3.05, 3.63) is 28.3 Å². The van der Waals surface area contributed by atoms with Gasteiger partial charge in [-0.1, -0.05) is 0 Å². The third-order valence-electron chi connectivity index (χ3n) is 3.61. The van der Waals surface area contributed by atoms with E-state index in [-0.39, 0.29) is 11.8 Å². The second kappa shape index (κ2) is 6.76. The van der Waals surface area contributed by atoms with Gasteiger partial charge in [0, 0.05) is 31.0 Å². The molecule has 0 amide bonds. The van der Waals surface area contributed by atoms with Crippen LogP contribution in [0.1, 0.15) is 33.1 Å². The highest BCUT2D eigenvalue weighted by Crippen LogP contribution is 2.32. The molecule has 1 saturated carbocycles. The summed E-state index contributed by atoms with van der Waals surface area (Å²) in [5, 5.41) is 14.4. The molecule has 1 aliphatic rings. The predicted molar refractivity (Wildman–Crippen MR) is 80.9 cm³/mol. The molecule has 6 heteroatoms. The lowest BCUT2D eigenvalue weighted by Crippen LogP contribution is -2.17. The molecule has 0 bridgehead atoms. The van der Waals surface area contributed by atoms with Gasteiger partial charge in [-0.15, -0.1) is 0 Å². The molecule has 116 valence electrons. The fourth-order valence-corrected chi connectivity index (χ4v) is 2.62. The number of methoxy groups -OCH3 is 1. The molecule has 1 aromatic rings.